The molecule has 1 atom stereocenters. The number of aliphatic hydroxyl groups excluding tert-OH is 1. The van der Waals surface area contributed by atoms with Gasteiger partial charge in [-0.25, -0.2) is 0 Å². The lowest BCUT2D eigenvalue weighted by atomic mass is 10.1. The van der Waals surface area contributed by atoms with Crippen LogP contribution < -0.4 is 5.73 Å². The maximum Gasteiger partial charge on any atom is 0.243 e. The minimum atomic E-state index is -0.452. The van der Waals surface area contributed by atoms with Crippen LogP contribution in [-0.2, 0) is 6.42 Å². The largest absolute Gasteiger partial charge is 0.396 e. The van der Waals surface area contributed by atoms with Crippen molar-refractivity contribution in [1.82, 2.24) is 10.1 Å². The lowest BCUT2D eigenvalue weighted by molar-refractivity contribution is 0.259. The quantitative estimate of drug-likeness (QED) is 0.885. The minimum absolute atomic E-state index is 0.0259. The SMILES string of the molecule is NC(CCO)c1nc(Cc2ccc(Cl)cc2Cl)no1. The predicted molar refractivity (Wildman–Crippen MR) is 72.2 cm³/mol. The van der Waals surface area contributed by atoms with E-state index in [9.17, 15) is 0 Å². The van der Waals surface area contributed by atoms with Crippen LogP contribution in [0.15, 0.2) is 22.7 Å². The maximum atomic E-state index is 8.80. The van der Waals surface area contributed by atoms with Crippen LogP contribution in [0, 0.1) is 0 Å². The smallest absolute Gasteiger partial charge is 0.243 e. The molecule has 7 heteroatoms. The molecule has 1 unspecified atom stereocenters. The Labute approximate surface area is 120 Å². The molecule has 0 radical (unpaired) electrons. The van der Waals surface area contributed by atoms with Crippen molar-refractivity contribution >= 4 is 23.2 Å². The van der Waals surface area contributed by atoms with Gasteiger partial charge in [-0.05, 0) is 24.1 Å². The first kappa shape index (κ1) is 14.3. The first-order valence-electron chi connectivity index (χ1n) is 5.73. The molecule has 0 spiro atoms. The van der Waals surface area contributed by atoms with Crippen molar-refractivity contribution in [3.05, 3.63) is 45.5 Å². The van der Waals surface area contributed by atoms with Gasteiger partial charge in [-0.15, -0.1) is 0 Å². The first-order valence-corrected chi connectivity index (χ1v) is 6.48. The molecule has 0 aliphatic rings. The summed E-state index contributed by atoms with van der Waals surface area (Å²) in [4.78, 5) is 4.18. The van der Waals surface area contributed by atoms with Crippen molar-refractivity contribution in [1.29, 1.82) is 0 Å². The second-order valence-corrected chi connectivity index (χ2v) is 4.92. The second kappa shape index (κ2) is 6.34. The van der Waals surface area contributed by atoms with Crippen molar-refractivity contribution < 1.29 is 9.63 Å². The van der Waals surface area contributed by atoms with Gasteiger partial charge in [0.2, 0.25) is 5.89 Å². The van der Waals surface area contributed by atoms with Gasteiger partial charge in [0.25, 0.3) is 0 Å². The van der Waals surface area contributed by atoms with E-state index in [1.807, 2.05) is 6.07 Å². The zero-order chi connectivity index (χ0) is 13.8. The number of aromatic nitrogens is 2. The monoisotopic (exact) mass is 301 g/mol. The van der Waals surface area contributed by atoms with Gasteiger partial charge in [0.1, 0.15) is 0 Å². The molecule has 1 aromatic carbocycles. The van der Waals surface area contributed by atoms with Crippen LogP contribution in [0.3, 0.4) is 0 Å². The van der Waals surface area contributed by atoms with Crippen LogP contribution in [0.25, 0.3) is 0 Å². The fourth-order valence-electron chi connectivity index (χ4n) is 1.59. The summed E-state index contributed by atoms with van der Waals surface area (Å²) in [5.74, 6) is 0.807. The maximum absolute atomic E-state index is 8.80. The molecule has 0 aliphatic carbocycles. The van der Waals surface area contributed by atoms with E-state index in [1.165, 1.54) is 0 Å². The highest BCUT2D eigenvalue weighted by Crippen LogP contribution is 2.23. The average molecular weight is 302 g/mol. The van der Waals surface area contributed by atoms with Gasteiger partial charge in [0.05, 0.1) is 6.04 Å². The van der Waals surface area contributed by atoms with Gasteiger partial charge in [0.15, 0.2) is 5.82 Å². The predicted octanol–water partition coefficient (Wildman–Crippen LogP) is 2.35. The summed E-state index contributed by atoms with van der Waals surface area (Å²) < 4.78 is 5.05. The lowest BCUT2D eigenvalue weighted by Crippen LogP contribution is -2.12. The van der Waals surface area contributed by atoms with Gasteiger partial charge < -0.3 is 15.4 Å². The van der Waals surface area contributed by atoms with Crippen LogP contribution in [-0.4, -0.2) is 21.9 Å². The van der Waals surface area contributed by atoms with Crippen LogP contribution in [0.4, 0.5) is 0 Å². The van der Waals surface area contributed by atoms with Crippen LogP contribution in [0.5, 0.6) is 0 Å². The molecular formula is C12H13Cl2N3O2. The number of aliphatic hydroxyl groups is 1. The summed E-state index contributed by atoms with van der Waals surface area (Å²) in [5, 5.41) is 13.8. The number of nitrogens with two attached hydrogens (primary N) is 1. The Morgan fingerprint density at radius 3 is 2.84 bits per heavy atom. The van der Waals surface area contributed by atoms with E-state index >= 15 is 0 Å². The Morgan fingerprint density at radius 1 is 1.37 bits per heavy atom. The van der Waals surface area contributed by atoms with E-state index in [1.54, 1.807) is 12.1 Å². The molecular weight excluding hydrogens is 289 g/mol. The zero-order valence-corrected chi connectivity index (χ0v) is 11.5. The molecule has 2 aromatic rings. The molecule has 19 heavy (non-hydrogen) atoms. The molecule has 0 aliphatic heterocycles. The highest BCUT2D eigenvalue weighted by Gasteiger charge is 2.15. The zero-order valence-electron chi connectivity index (χ0n) is 10.0. The Balaban J connectivity index is 2.11. The summed E-state index contributed by atoms with van der Waals surface area (Å²) in [6.07, 6.45) is 0.814. The fraction of sp³-hybridized carbons (Fsp3) is 0.333. The topological polar surface area (TPSA) is 85.2 Å². The molecule has 0 fully saturated rings. The highest BCUT2D eigenvalue weighted by atomic mass is 35.5. The van der Waals surface area contributed by atoms with Crippen molar-refractivity contribution in [3.8, 4) is 0 Å². The van der Waals surface area contributed by atoms with Gasteiger partial charge in [-0.3, -0.25) is 0 Å². The van der Waals surface area contributed by atoms with Gasteiger partial charge >= 0.3 is 0 Å². The highest BCUT2D eigenvalue weighted by molar-refractivity contribution is 6.35. The van der Waals surface area contributed by atoms with E-state index in [0.29, 0.717) is 34.6 Å². The van der Waals surface area contributed by atoms with Crippen molar-refractivity contribution in [3.63, 3.8) is 0 Å². The number of nitrogens with zero attached hydrogens (tertiary/aromatic N) is 2. The van der Waals surface area contributed by atoms with Crippen molar-refractivity contribution in [2.24, 2.45) is 5.73 Å². The van der Waals surface area contributed by atoms with Crippen molar-refractivity contribution in [2.75, 3.05) is 6.61 Å². The normalized spacial score (nSPS) is 12.6. The Kier molecular flexibility index (Phi) is 4.76. The van der Waals surface area contributed by atoms with E-state index in [2.05, 4.69) is 10.1 Å². The van der Waals surface area contributed by atoms with Gasteiger partial charge in [0, 0.05) is 23.1 Å². The molecule has 2 rings (SSSR count). The van der Waals surface area contributed by atoms with E-state index < -0.39 is 6.04 Å². The third-order valence-corrected chi connectivity index (χ3v) is 3.19. The summed E-state index contributed by atoms with van der Waals surface area (Å²) in [6, 6.07) is 4.78. The number of halogens is 2. The third kappa shape index (κ3) is 3.67. The summed E-state index contributed by atoms with van der Waals surface area (Å²) >= 11 is 11.9. The molecule has 1 aromatic heterocycles. The first-order chi connectivity index (χ1) is 9.10. The third-order valence-electron chi connectivity index (χ3n) is 2.60. The van der Waals surface area contributed by atoms with Gasteiger partial charge in [-0.1, -0.05) is 34.4 Å². The molecule has 0 saturated carbocycles. The minimum Gasteiger partial charge on any atom is -0.396 e. The molecule has 102 valence electrons. The summed E-state index contributed by atoms with van der Waals surface area (Å²) in [7, 11) is 0. The molecule has 1 heterocycles. The summed E-state index contributed by atoms with van der Waals surface area (Å²) in [6.45, 7) is -0.0259. The Bertz CT molecular complexity index is 560. The molecule has 5 nitrogen and oxygen atoms in total. The number of hydrogen-bond donors (Lipinski definition) is 2. The van der Waals surface area contributed by atoms with E-state index in [-0.39, 0.29) is 6.61 Å². The average Bonchev–Trinajstić information content (AvgIpc) is 2.82. The number of hydrogen-bond acceptors (Lipinski definition) is 5. The fourth-order valence-corrected chi connectivity index (χ4v) is 2.06. The van der Waals surface area contributed by atoms with Crippen LogP contribution in [0.2, 0.25) is 10.0 Å². The summed E-state index contributed by atoms with van der Waals surface area (Å²) in [5.41, 5.74) is 6.62. The standard InChI is InChI=1S/C12H13Cl2N3O2/c13-8-2-1-7(9(14)6-8)5-11-16-12(19-17-11)10(15)3-4-18/h1-2,6,10,18H,3-5,15H2. The Hall–Kier alpha value is -1.14. The Morgan fingerprint density at radius 2 is 2.16 bits per heavy atom. The molecule has 0 amide bonds. The second-order valence-electron chi connectivity index (χ2n) is 4.08. The molecule has 0 bridgehead atoms. The van der Waals surface area contributed by atoms with Crippen molar-refractivity contribution in [2.45, 2.75) is 18.9 Å². The molecule has 3 N–H and O–H groups in total. The lowest BCUT2D eigenvalue weighted by Gasteiger charge is -2.02. The van der Waals surface area contributed by atoms with Gasteiger partial charge in [-0.2, -0.15) is 4.98 Å². The van der Waals surface area contributed by atoms with E-state index in [0.717, 1.165) is 5.56 Å². The molecule has 0 saturated heterocycles. The number of benzene rings is 1. The van der Waals surface area contributed by atoms with Crippen LogP contribution >= 0.6 is 23.2 Å². The van der Waals surface area contributed by atoms with E-state index in [4.69, 9.17) is 38.6 Å². The number of rotatable bonds is 5. The van der Waals surface area contributed by atoms with Crippen LogP contribution in [0.1, 0.15) is 29.7 Å².